The molecule has 7 heteroatoms. The molecule has 1 aliphatic heterocycles. The van der Waals surface area contributed by atoms with Crippen molar-refractivity contribution in [3.63, 3.8) is 0 Å². The van der Waals surface area contributed by atoms with Crippen LogP contribution in [0, 0.1) is 17.8 Å². The predicted octanol–water partition coefficient (Wildman–Crippen LogP) is 3.96. The molecule has 1 aromatic rings. The molecule has 150 valence electrons. The van der Waals surface area contributed by atoms with Crippen molar-refractivity contribution in [1.29, 1.82) is 0 Å². The van der Waals surface area contributed by atoms with E-state index in [2.05, 4.69) is 13.8 Å². The number of carbonyl (C=O) groups is 2. The van der Waals surface area contributed by atoms with Crippen molar-refractivity contribution in [1.82, 2.24) is 4.90 Å². The van der Waals surface area contributed by atoms with Crippen LogP contribution in [0.3, 0.4) is 0 Å². The molecule has 0 spiro atoms. The average Bonchev–Trinajstić information content (AvgIpc) is 2.61. The van der Waals surface area contributed by atoms with Gasteiger partial charge in [-0.15, -0.1) is 0 Å². The van der Waals surface area contributed by atoms with Crippen LogP contribution in [0.4, 0.5) is 0 Å². The molecule has 1 aromatic carbocycles. The first-order chi connectivity index (χ1) is 12.7. The number of rotatable bonds is 7. The van der Waals surface area contributed by atoms with Gasteiger partial charge in [0.05, 0.1) is 24.7 Å². The van der Waals surface area contributed by atoms with Gasteiger partial charge in [-0.2, -0.15) is 0 Å². The Balaban J connectivity index is 2.15. The summed E-state index contributed by atoms with van der Waals surface area (Å²) < 4.78 is 11.1. The van der Waals surface area contributed by atoms with Crippen molar-refractivity contribution < 1.29 is 24.2 Å². The van der Waals surface area contributed by atoms with Crippen molar-refractivity contribution in [3.8, 4) is 11.5 Å². The third kappa shape index (κ3) is 5.28. The van der Waals surface area contributed by atoms with Crippen LogP contribution < -0.4 is 9.47 Å². The second kappa shape index (κ2) is 9.31. The fraction of sp³-hybridized carbons (Fsp3) is 0.600. The summed E-state index contributed by atoms with van der Waals surface area (Å²) in [6, 6.07) is 3.22. The van der Waals surface area contributed by atoms with Gasteiger partial charge in [-0.1, -0.05) is 32.4 Å². The van der Waals surface area contributed by atoms with Crippen LogP contribution >= 0.6 is 11.6 Å². The number of benzene rings is 1. The highest BCUT2D eigenvalue weighted by Crippen LogP contribution is 2.37. The minimum absolute atomic E-state index is 0.101. The van der Waals surface area contributed by atoms with Gasteiger partial charge < -0.3 is 19.5 Å². The zero-order chi connectivity index (χ0) is 20.1. The van der Waals surface area contributed by atoms with Crippen LogP contribution in [0.5, 0.6) is 11.5 Å². The number of hydrogen-bond acceptors (Lipinski definition) is 4. The highest BCUT2D eigenvalue weighted by molar-refractivity contribution is 6.32. The summed E-state index contributed by atoms with van der Waals surface area (Å²) in [5.41, 5.74) is 0.411. The summed E-state index contributed by atoms with van der Waals surface area (Å²) >= 11 is 6.35. The molecule has 0 aromatic heterocycles. The maximum atomic E-state index is 12.9. The molecule has 1 aliphatic rings. The monoisotopic (exact) mass is 397 g/mol. The number of hydrogen-bond donors (Lipinski definition) is 1. The number of halogens is 1. The first kappa shape index (κ1) is 21.4. The molecule has 27 heavy (non-hydrogen) atoms. The van der Waals surface area contributed by atoms with Gasteiger partial charge in [0.25, 0.3) is 5.91 Å². The maximum absolute atomic E-state index is 12.9. The summed E-state index contributed by atoms with van der Waals surface area (Å²) in [6.07, 6.45) is 1.33. The number of carboxylic acid groups (broad SMARTS) is 1. The van der Waals surface area contributed by atoms with Gasteiger partial charge >= 0.3 is 5.97 Å². The summed E-state index contributed by atoms with van der Waals surface area (Å²) in [7, 11) is 1.51. The Hall–Kier alpha value is -1.95. The zero-order valence-corrected chi connectivity index (χ0v) is 17.1. The lowest BCUT2D eigenvalue weighted by Gasteiger charge is -2.35. The van der Waals surface area contributed by atoms with Gasteiger partial charge in [0.2, 0.25) is 0 Å². The molecule has 2 unspecified atom stereocenters. The Bertz CT molecular complexity index is 691. The van der Waals surface area contributed by atoms with Crippen LogP contribution in [0.2, 0.25) is 5.02 Å². The van der Waals surface area contributed by atoms with Crippen molar-refractivity contribution in [2.24, 2.45) is 17.8 Å². The van der Waals surface area contributed by atoms with E-state index in [1.807, 2.05) is 6.92 Å². The van der Waals surface area contributed by atoms with E-state index in [9.17, 15) is 14.7 Å². The number of carboxylic acids is 1. The maximum Gasteiger partial charge on any atom is 0.306 e. The third-order valence-electron chi connectivity index (χ3n) is 4.93. The first-order valence-electron chi connectivity index (χ1n) is 9.27. The number of nitrogens with zero attached hydrogens (tertiary/aromatic N) is 1. The van der Waals surface area contributed by atoms with Crippen molar-refractivity contribution in [3.05, 3.63) is 22.7 Å². The molecule has 1 fully saturated rings. The summed E-state index contributed by atoms with van der Waals surface area (Å²) in [6.45, 7) is 7.41. The predicted molar refractivity (Wildman–Crippen MR) is 104 cm³/mol. The van der Waals surface area contributed by atoms with E-state index < -0.39 is 11.9 Å². The zero-order valence-electron chi connectivity index (χ0n) is 16.3. The molecule has 2 atom stereocenters. The molecule has 1 saturated heterocycles. The minimum Gasteiger partial charge on any atom is -0.493 e. The smallest absolute Gasteiger partial charge is 0.306 e. The van der Waals surface area contributed by atoms with E-state index in [4.69, 9.17) is 21.1 Å². The lowest BCUT2D eigenvalue weighted by Crippen LogP contribution is -2.45. The number of likely N-dealkylation sites (tertiary alicyclic amines) is 1. The standard InChI is InChI=1S/C20H28ClNO5/c1-12(2)6-8-27-18-16(21)9-14(10-17(18)26-4)19(23)22-7-5-15(20(24)25)13(3)11-22/h9-10,12-13,15H,5-8,11H2,1-4H3,(H,24,25). The second-order valence-corrected chi connectivity index (χ2v) is 7.89. The van der Waals surface area contributed by atoms with Crippen molar-refractivity contribution >= 4 is 23.5 Å². The molecule has 0 aliphatic carbocycles. The van der Waals surface area contributed by atoms with Crippen LogP contribution in [0.1, 0.15) is 44.0 Å². The Kier molecular flexibility index (Phi) is 7.36. The SMILES string of the molecule is COc1cc(C(=O)N2CCC(C(=O)O)C(C)C2)cc(Cl)c1OCCC(C)C. The normalized spacial score (nSPS) is 19.9. The first-order valence-corrected chi connectivity index (χ1v) is 9.64. The van der Waals surface area contributed by atoms with E-state index in [1.54, 1.807) is 17.0 Å². The van der Waals surface area contributed by atoms with Gasteiger partial charge in [0, 0.05) is 18.7 Å². The molecule has 1 N–H and O–H groups in total. The van der Waals surface area contributed by atoms with Crippen molar-refractivity contribution in [2.45, 2.75) is 33.6 Å². The Morgan fingerprint density at radius 3 is 2.63 bits per heavy atom. The van der Waals surface area contributed by atoms with E-state index in [-0.39, 0.29) is 11.8 Å². The molecule has 0 radical (unpaired) electrons. The fourth-order valence-electron chi connectivity index (χ4n) is 3.26. The number of aliphatic carboxylic acids is 1. The highest BCUT2D eigenvalue weighted by atomic mass is 35.5. The number of carbonyl (C=O) groups excluding carboxylic acids is 1. The molecule has 6 nitrogen and oxygen atoms in total. The van der Waals surface area contributed by atoms with Crippen LogP contribution in [0.25, 0.3) is 0 Å². The van der Waals surface area contributed by atoms with Crippen LogP contribution in [0.15, 0.2) is 12.1 Å². The van der Waals surface area contributed by atoms with E-state index in [0.717, 1.165) is 6.42 Å². The average molecular weight is 398 g/mol. The van der Waals surface area contributed by atoms with Gasteiger partial charge in [-0.25, -0.2) is 0 Å². The third-order valence-corrected chi connectivity index (χ3v) is 5.21. The molecule has 0 saturated carbocycles. The van der Waals surface area contributed by atoms with Crippen molar-refractivity contribution in [2.75, 3.05) is 26.8 Å². The Morgan fingerprint density at radius 1 is 1.37 bits per heavy atom. The molecule has 0 bridgehead atoms. The van der Waals surface area contributed by atoms with E-state index >= 15 is 0 Å². The molecule has 1 amide bonds. The quantitative estimate of drug-likeness (QED) is 0.753. The largest absolute Gasteiger partial charge is 0.493 e. The fourth-order valence-corrected chi connectivity index (χ4v) is 3.52. The Morgan fingerprint density at radius 2 is 2.07 bits per heavy atom. The highest BCUT2D eigenvalue weighted by Gasteiger charge is 2.33. The summed E-state index contributed by atoms with van der Waals surface area (Å²) in [4.78, 5) is 25.8. The van der Waals surface area contributed by atoms with Gasteiger partial charge in [0.15, 0.2) is 11.5 Å². The number of methoxy groups -OCH3 is 1. The summed E-state index contributed by atoms with van der Waals surface area (Å²) in [5, 5.41) is 9.57. The lowest BCUT2D eigenvalue weighted by atomic mass is 9.87. The second-order valence-electron chi connectivity index (χ2n) is 7.48. The number of ether oxygens (including phenoxy) is 2. The van der Waals surface area contributed by atoms with Gasteiger partial charge in [0.1, 0.15) is 0 Å². The number of piperidine rings is 1. The number of amides is 1. The lowest BCUT2D eigenvalue weighted by molar-refractivity contribution is -0.145. The Labute approximate surface area is 165 Å². The molecular weight excluding hydrogens is 370 g/mol. The van der Waals surface area contributed by atoms with E-state index in [0.29, 0.717) is 54.1 Å². The molecular formula is C20H28ClNO5. The van der Waals surface area contributed by atoms with E-state index in [1.165, 1.54) is 7.11 Å². The summed E-state index contributed by atoms with van der Waals surface area (Å²) in [5.74, 6) is -0.134. The van der Waals surface area contributed by atoms with Crippen LogP contribution in [-0.2, 0) is 4.79 Å². The molecule has 1 heterocycles. The van der Waals surface area contributed by atoms with Crippen LogP contribution in [-0.4, -0.2) is 48.7 Å². The van der Waals surface area contributed by atoms with Gasteiger partial charge in [-0.3, -0.25) is 9.59 Å². The molecule has 2 rings (SSSR count). The topological polar surface area (TPSA) is 76.1 Å². The van der Waals surface area contributed by atoms with Gasteiger partial charge in [-0.05, 0) is 36.8 Å². The minimum atomic E-state index is -0.804.